The summed E-state index contributed by atoms with van der Waals surface area (Å²) in [7, 11) is 0. The van der Waals surface area contributed by atoms with Gasteiger partial charge in [0, 0.05) is 15.7 Å². The number of carbonyl (C=O) groups is 1. The number of nitrogens with zero attached hydrogens (tertiary/aromatic N) is 2. The fourth-order valence-corrected chi connectivity index (χ4v) is 2.73. The van der Waals surface area contributed by atoms with Crippen LogP contribution in [0.1, 0.15) is 58.9 Å². The zero-order valence-electron chi connectivity index (χ0n) is 13.4. The lowest BCUT2D eigenvalue weighted by Gasteiger charge is -2.26. The molecule has 3 rings (SSSR count). The van der Waals surface area contributed by atoms with Crippen molar-refractivity contribution in [3.05, 3.63) is 23.7 Å². The Morgan fingerprint density at radius 1 is 1.55 bits per heavy atom. The van der Waals surface area contributed by atoms with Gasteiger partial charge in [-0.1, -0.05) is 13.8 Å². The van der Waals surface area contributed by atoms with Gasteiger partial charge < -0.3 is 15.0 Å². The van der Waals surface area contributed by atoms with E-state index in [2.05, 4.69) is 34.1 Å². The maximum atomic E-state index is 12.6. The third-order valence-electron chi connectivity index (χ3n) is 4.26. The molecular formula is C16H26N4O2. The highest BCUT2D eigenvalue weighted by atomic mass is 16.5. The number of ether oxygens (including phenoxy) is 1. The van der Waals surface area contributed by atoms with E-state index in [0.717, 1.165) is 12.1 Å². The molecule has 1 atom stereocenters. The van der Waals surface area contributed by atoms with E-state index >= 15 is 0 Å². The quantitative estimate of drug-likeness (QED) is 0.913. The molecule has 2 aromatic heterocycles. The van der Waals surface area contributed by atoms with Crippen molar-refractivity contribution in [2.45, 2.75) is 51.7 Å². The third-order valence-corrected chi connectivity index (χ3v) is 4.26. The Morgan fingerprint density at radius 2 is 2.32 bits per heavy atom. The van der Waals surface area contributed by atoms with Gasteiger partial charge in [0.25, 0.3) is 5.91 Å². The van der Waals surface area contributed by atoms with Gasteiger partial charge in [0.15, 0.2) is 5.65 Å². The van der Waals surface area contributed by atoms with Crippen LogP contribution >= 0.6 is 0 Å². The summed E-state index contributed by atoms with van der Waals surface area (Å²) in [5, 5.41) is 3.06. The molecule has 122 valence electrons. The molecule has 0 radical (unpaired) electrons. The number of fused-ring (bicyclic) bond motifs is 1. The predicted octanol–water partition coefficient (Wildman–Crippen LogP) is 2.87. The molecule has 0 aliphatic carbocycles. The first-order valence-electron chi connectivity index (χ1n) is 7.67. The van der Waals surface area contributed by atoms with E-state index in [4.69, 9.17) is 4.74 Å². The van der Waals surface area contributed by atoms with Crippen molar-refractivity contribution in [1.29, 1.82) is 0 Å². The summed E-state index contributed by atoms with van der Waals surface area (Å²) in [5.41, 5.74) is 2.34. The van der Waals surface area contributed by atoms with Crippen LogP contribution in [0.25, 0.3) is 11.2 Å². The number of aromatic amines is 1. The average Bonchev–Trinajstić information content (AvgIpc) is 3.01. The second-order valence-electron chi connectivity index (χ2n) is 6.62. The lowest BCUT2D eigenvalue weighted by Crippen LogP contribution is -2.46. The van der Waals surface area contributed by atoms with Gasteiger partial charge in [0.1, 0.15) is 5.52 Å². The van der Waals surface area contributed by atoms with E-state index in [-0.39, 0.29) is 26.3 Å². The summed E-state index contributed by atoms with van der Waals surface area (Å²) in [6.45, 7) is 8.78. The largest absolute Gasteiger partial charge is 0.373 e. The minimum absolute atomic E-state index is 0. The van der Waals surface area contributed by atoms with Gasteiger partial charge in [-0.2, -0.15) is 0 Å². The number of hydrogen-bond donors (Lipinski definition) is 2. The molecule has 2 aromatic rings. The van der Waals surface area contributed by atoms with Crippen molar-refractivity contribution in [3.8, 4) is 0 Å². The SMILES string of the molecule is CC(C)c1cnc2[nH]cc(C(=O)NC3CCOC3(C)C)c2n1.[HH].[HH]. The van der Waals surface area contributed by atoms with Crippen LogP contribution in [0.3, 0.4) is 0 Å². The Bertz CT molecular complexity index is 715. The smallest absolute Gasteiger partial charge is 0.255 e. The summed E-state index contributed by atoms with van der Waals surface area (Å²) in [4.78, 5) is 24.5. The number of amides is 1. The molecular weight excluding hydrogens is 280 g/mol. The van der Waals surface area contributed by atoms with Crippen molar-refractivity contribution in [2.24, 2.45) is 0 Å². The van der Waals surface area contributed by atoms with Crippen molar-refractivity contribution >= 4 is 17.1 Å². The molecule has 0 aromatic carbocycles. The molecule has 3 heterocycles. The van der Waals surface area contributed by atoms with Gasteiger partial charge in [-0.25, -0.2) is 9.97 Å². The minimum Gasteiger partial charge on any atom is -0.373 e. The van der Waals surface area contributed by atoms with Gasteiger partial charge in [0.2, 0.25) is 0 Å². The molecule has 1 unspecified atom stereocenters. The average molecular weight is 306 g/mol. The van der Waals surface area contributed by atoms with Crippen LogP contribution in [0.15, 0.2) is 12.4 Å². The maximum Gasteiger partial charge on any atom is 0.255 e. The number of hydrogen-bond acceptors (Lipinski definition) is 4. The number of H-pyrrole nitrogens is 1. The van der Waals surface area contributed by atoms with Crippen LogP contribution in [0.4, 0.5) is 0 Å². The fourth-order valence-electron chi connectivity index (χ4n) is 2.73. The van der Waals surface area contributed by atoms with E-state index in [1.54, 1.807) is 12.4 Å². The highest BCUT2D eigenvalue weighted by Gasteiger charge is 2.37. The maximum absolute atomic E-state index is 12.6. The van der Waals surface area contributed by atoms with Crippen LogP contribution in [-0.2, 0) is 4.74 Å². The highest BCUT2D eigenvalue weighted by Crippen LogP contribution is 2.26. The van der Waals surface area contributed by atoms with Gasteiger partial charge in [-0.15, -0.1) is 0 Å². The summed E-state index contributed by atoms with van der Waals surface area (Å²) in [6.07, 6.45) is 4.25. The number of rotatable bonds is 3. The Hall–Kier alpha value is -1.95. The normalized spacial score (nSPS) is 20.7. The van der Waals surface area contributed by atoms with Crippen molar-refractivity contribution in [2.75, 3.05) is 6.61 Å². The number of nitrogens with one attached hydrogen (secondary N) is 2. The van der Waals surface area contributed by atoms with Crippen molar-refractivity contribution in [1.82, 2.24) is 20.3 Å². The Morgan fingerprint density at radius 3 is 2.95 bits per heavy atom. The van der Waals surface area contributed by atoms with Crippen molar-refractivity contribution < 1.29 is 12.4 Å². The zero-order valence-corrected chi connectivity index (χ0v) is 13.4. The lowest BCUT2D eigenvalue weighted by atomic mass is 9.99. The van der Waals surface area contributed by atoms with Crippen LogP contribution in [0, 0.1) is 0 Å². The topological polar surface area (TPSA) is 79.9 Å². The second-order valence-corrected chi connectivity index (χ2v) is 6.62. The number of aromatic nitrogens is 3. The predicted molar refractivity (Wildman–Crippen MR) is 88.1 cm³/mol. The van der Waals surface area contributed by atoms with E-state index in [1.165, 1.54) is 0 Å². The molecule has 22 heavy (non-hydrogen) atoms. The van der Waals surface area contributed by atoms with Gasteiger partial charge in [0.05, 0.1) is 29.1 Å². The van der Waals surface area contributed by atoms with E-state index in [1.807, 2.05) is 13.8 Å². The summed E-state index contributed by atoms with van der Waals surface area (Å²) in [5.74, 6) is 0.134. The monoisotopic (exact) mass is 306 g/mol. The first kappa shape index (κ1) is 15.0. The molecule has 1 amide bonds. The van der Waals surface area contributed by atoms with Crippen LogP contribution in [-0.4, -0.2) is 39.1 Å². The van der Waals surface area contributed by atoms with Crippen molar-refractivity contribution in [3.63, 3.8) is 0 Å². The van der Waals surface area contributed by atoms with E-state index in [9.17, 15) is 4.79 Å². The first-order chi connectivity index (χ1) is 10.4. The van der Waals surface area contributed by atoms with E-state index in [0.29, 0.717) is 23.3 Å². The molecule has 0 spiro atoms. The Labute approximate surface area is 132 Å². The standard InChI is InChI=1S/C16H22N4O2.2H2/c1-9(2)11-8-18-14-13(19-11)10(7-17-14)15(21)20-12-5-6-22-16(12,3)4;;/h7-9,12H,5-6H2,1-4H3,(H,17,18)(H,20,21);2*1H. The molecule has 1 saturated heterocycles. The van der Waals surface area contributed by atoms with Crippen LogP contribution in [0.2, 0.25) is 0 Å². The molecule has 0 bridgehead atoms. The highest BCUT2D eigenvalue weighted by molar-refractivity contribution is 6.04. The molecule has 1 aliphatic heterocycles. The molecule has 0 saturated carbocycles. The van der Waals surface area contributed by atoms with Gasteiger partial charge in [-0.05, 0) is 26.2 Å². The number of carbonyl (C=O) groups excluding carboxylic acids is 1. The summed E-state index contributed by atoms with van der Waals surface area (Å²) in [6, 6.07) is 0.00573. The zero-order chi connectivity index (χ0) is 15.9. The summed E-state index contributed by atoms with van der Waals surface area (Å²) >= 11 is 0. The summed E-state index contributed by atoms with van der Waals surface area (Å²) < 4.78 is 5.66. The molecule has 2 N–H and O–H groups in total. The first-order valence-corrected chi connectivity index (χ1v) is 7.67. The molecule has 6 nitrogen and oxygen atoms in total. The van der Waals surface area contributed by atoms with Gasteiger partial charge >= 0.3 is 0 Å². The van der Waals surface area contributed by atoms with Gasteiger partial charge in [-0.3, -0.25) is 4.79 Å². The Balaban J connectivity index is 0.00000144. The second kappa shape index (κ2) is 5.35. The third kappa shape index (κ3) is 2.59. The lowest BCUT2D eigenvalue weighted by molar-refractivity contribution is 0.0213. The molecule has 1 aliphatic rings. The minimum atomic E-state index is -0.337. The molecule has 1 fully saturated rings. The Kier molecular flexibility index (Phi) is 3.64. The fraction of sp³-hybridized carbons (Fsp3) is 0.562. The van der Waals surface area contributed by atoms with Crippen LogP contribution in [0.5, 0.6) is 0 Å². The van der Waals surface area contributed by atoms with E-state index < -0.39 is 0 Å². The molecule has 6 heteroatoms. The van der Waals surface area contributed by atoms with Crippen LogP contribution < -0.4 is 5.32 Å².